The lowest BCUT2D eigenvalue weighted by molar-refractivity contribution is -0.115. The van der Waals surface area contributed by atoms with Crippen molar-refractivity contribution in [2.45, 2.75) is 0 Å². The number of fused-ring (bicyclic) bond motifs is 1. The van der Waals surface area contributed by atoms with Gasteiger partial charge in [-0.1, -0.05) is 24.3 Å². The van der Waals surface area contributed by atoms with Gasteiger partial charge in [0.25, 0.3) is 5.91 Å². The smallest absolute Gasteiger partial charge is 0.287 e. The molecule has 2 heterocycles. The van der Waals surface area contributed by atoms with Crippen LogP contribution in [0.4, 0.5) is 5.69 Å². The van der Waals surface area contributed by atoms with Gasteiger partial charge < -0.3 is 15.1 Å². The molecule has 0 spiro atoms. The lowest BCUT2D eigenvalue weighted by atomic mass is 10.1. The third kappa shape index (κ3) is 4.49. The van der Waals surface area contributed by atoms with Crippen molar-refractivity contribution >= 4 is 44.5 Å². The Morgan fingerprint density at radius 3 is 2.62 bits per heavy atom. The fourth-order valence-electron chi connectivity index (χ4n) is 2.74. The Morgan fingerprint density at radius 1 is 1.00 bits per heavy atom. The maximum Gasteiger partial charge on any atom is 0.287 e. The Hall–Kier alpha value is -3.52. The second-order valence-electron chi connectivity index (χ2n) is 6.16. The summed E-state index contributed by atoms with van der Waals surface area (Å²) in [7, 11) is 0. The first kappa shape index (κ1) is 18.8. The van der Waals surface area contributed by atoms with Crippen LogP contribution in [0.2, 0.25) is 0 Å². The van der Waals surface area contributed by atoms with Crippen LogP contribution >= 0.6 is 15.9 Å². The van der Waals surface area contributed by atoms with Gasteiger partial charge in [-0.2, -0.15) is 0 Å². The number of hydrogen-bond donors (Lipinski definition) is 2. The molecule has 0 aliphatic carbocycles. The average Bonchev–Trinajstić information content (AvgIpc) is 3.18. The van der Waals surface area contributed by atoms with Crippen LogP contribution in [-0.4, -0.2) is 28.3 Å². The van der Waals surface area contributed by atoms with Crippen molar-refractivity contribution in [3.63, 3.8) is 0 Å². The minimum atomic E-state index is -0.467. The number of halogens is 1. The van der Waals surface area contributed by atoms with E-state index in [9.17, 15) is 9.59 Å². The topological polar surface area (TPSA) is 97.1 Å². The standard InChI is InChI=1S/C21H15BrN4O3/c22-19-9-8-18(29-19)21(28)24-12-20(27)25-14-5-3-4-13(10-14)17-11-23-15-6-1-2-7-16(15)26-17/h1-11H,12H2,(H,24,28)(H,25,27). The maximum absolute atomic E-state index is 12.2. The van der Waals surface area contributed by atoms with E-state index in [1.165, 1.54) is 6.07 Å². The summed E-state index contributed by atoms with van der Waals surface area (Å²) < 4.78 is 5.60. The van der Waals surface area contributed by atoms with E-state index < -0.39 is 5.91 Å². The van der Waals surface area contributed by atoms with Gasteiger partial charge in [-0.15, -0.1) is 0 Å². The lowest BCUT2D eigenvalue weighted by Crippen LogP contribution is -2.32. The molecule has 29 heavy (non-hydrogen) atoms. The second kappa shape index (κ2) is 8.24. The minimum absolute atomic E-state index is 0.126. The molecule has 2 aromatic carbocycles. The molecule has 0 aliphatic rings. The van der Waals surface area contributed by atoms with E-state index in [-0.39, 0.29) is 18.2 Å². The Labute approximate surface area is 174 Å². The van der Waals surface area contributed by atoms with Gasteiger partial charge in [-0.25, -0.2) is 4.98 Å². The number of aromatic nitrogens is 2. The molecule has 2 amide bonds. The van der Waals surface area contributed by atoms with Crippen LogP contribution in [0.25, 0.3) is 22.3 Å². The zero-order valence-electron chi connectivity index (χ0n) is 15.1. The molecule has 2 aromatic heterocycles. The predicted octanol–water partition coefficient (Wildman–Crippen LogP) is 4.02. The van der Waals surface area contributed by atoms with Crippen molar-refractivity contribution in [3.8, 4) is 11.3 Å². The highest BCUT2D eigenvalue weighted by molar-refractivity contribution is 9.10. The van der Waals surface area contributed by atoms with Gasteiger partial charge in [0.1, 0.15) is 0 Å². The van der Waals surface area contributed by atoms with Crippen LogP contribution < -0.4 is 10.6 Å². The first-order valence-corrected chi connectivity index (χ1v) is 9.53. The molecule has 2 N–H and O–H groups in total. The van der Waals surface area contributed by atoms with Crippen LogP contribution in [-0.2, 0) is 4.79 Å². The lowest BCUT2D eigenvalue weighted by Gasteiger charge is -2.08. The average molecular weight is 451 g/mol. The number of furan rings is 1. The van der Waals surface area contributed by atoms with E-state index >= 15 is 0 Å². The summed E-state index contributed by atoms with van der Waals surface area (Å²) in [5.41, 5.74) is 3.74. The summed E-state index contributed by atoms with van der Waals surface area (Å²) in [5, 5.41) is 5.27. The van der Waals surface area contributed by atoms with E-state index in [1.54, 1.807) is 18.3 Å². The summed E-state index contributed by atoms with van der Waals surface area (Å²) in [4.78, 5) is 33.2. The number of amides is 2. The summed E-state index contributed by atoms with van der Waals surface area (Å²) in [6.45, 7) is -0.183. The molecule has 0 radical (unpaired) electrons. The number of carbonyl (C=O) groups is 2. The first-order chi connectivity index (χ1) is 14.1. The van der Waals surface area contributed by atoms with Crippen molar-refractivity contribution in [1.29, 1.82) is 0 Å². The molecule has 0 saturated heterocycles. The molecule has 0 atom stereocenters. The van der Waals surface area contributed by atoms with E-state index in [4.69, 9.17) is 4.42 Å². The van der Waals surface area contributed by atoms with Crippen molar-refractivity contribution in [1.82, 2.24) is 15.3 Å². The van der Waals surface area contributed by atoms with Gasteiger partial charge in [-0.05, 0) is 52.3 Å². The van der Waals surface area contributed by atoms with Crippen molar-refractivity contribution in [2.24, 2.45) is 0 Å². The van der Waals surface area contributed by atoms with Gasteiger partial charge in [0, 0.05) is 11.3 Å². The molecule has 7 nitrogen and oxygen atoms in total. The van der Waals surface area contributed by atoms with Crippen molar-refractivity contribution in [3.05, 3.63) is 77.3 Å². The van der Waals surface area contributed by atoms with Gasteiger partial charge in [0.2, 0.25) is 5.91 Å². The highest BCUT2D eigenvalue weighted by Crippen LogP contribution is 2.22. The predicted molar refractivity (Wildman–Crippen MR) is 112 cm³/mol. The van der Waals surface area contributed by atoms with E-state index in [0.717, 1.165) is 16.6 Å². The van der Waals surface area contributed by atoms with Crippen LogP contribution in [0, 0.1) is 0 Å². The molecule has 0 aliphatic heterocycles. The molecule has 144 valence electrons. The fraction of sp³-hybridized carbons (Fsp3) is 0.0476. The largest absolute Gasteiger partial charge is 0.444 e. The molecule has 4 rings (SSSR count). The number of para-hydroxylation sites is 2. The number of carbonyl (C=O) groups excluding carboxylic acids is 2. The van der Waals surface area contributed by atoms with Gasteiger partial charge in [0.15, 0.2) is 10.4 Å². The zero-order chi connectivity index (χ0) is 20.2. The zero-order valence-corrected chi connectivity index (χ0v) is 16.6. The van der Waals surface area contributed by atoms with Crippen LogP contribution in [0.15, 0.2) is 75.9 Å². The summed E-state index contributed by atoms with van der Waals surface area (Å²) in [6, 6.07) is 18.0. The van der Waals surface area contributed by atoms with Gasteiger partial charge >= 0.3 is 0 Å². The summed E-state index contributed by atoms with van der Waals surface area (Å²) in [5.74, 6) is -0.696. The van der Waals surface area contributed by atoms with E-state index in [0.29, 0.717) is 16.1 Å². The molecule has 0 fully saturated rings. The molecule has 0 saturated carbocycles. The van der Waals surface area contributed by atoms with Crippen LogP contribution in [0.1, 0.15) is 10.6 Å². The highest BCUT2D eigenvalue weighted by Gasteiger charge is 2.12. The van der Waals surface area contributed by atoms with Crippen LogP contribution in [0.5, 0.6) is 0 Å². The number of anilines is 1. The molecule has 0 unspecified atom stereocenters. The van der Waals surface area contributed by atoms with Crippen molar-refractivity contribution < 1.29 is 14.0 Å². The maximum atomic E-state index is 12.2. The third-order valence-corrected chi connectivity index (χ3v) is 4.52. The Balaban J connectivity index is 1.42. The monoisotopic (exact) mass is 450 g/mol. The fourth-order valence-corrected chi connectivity index (χ4v) is 3.05. The summed E-state index contributed by atoms with van der Waals surface area (Å²) >= 11 is 3.13. The van der Waals surface area contributed by atoms with E-state index in [2.05, 4.69) is 36.5 Å². The SMILES string of the molecule is O=C(CNC(=O)c1ccc(Br)o1)Nc1cccc(-c2cnc3ccccc3n2)c1. The number of benzene rings is 2. The number of nitrogens with one attached hydrogen (secondary N) is 2. The minimum Gasteiger partial charge on any atom is -0.444 e. The second-order valence-corrected chi connectivity index (χ2v) is 6.94. The molecule has 4 aromatic rings. The van der Waals surface area contributed by atoms with E-state index in [1.807, 2.05) is 42.5 Å². The van der Waals surface area contributed by atoms with Crippen LogP contribution in [0.3, 0.4) is 0 Å². The molecular weight excluding hydrogens is 436 g/mol. The molecular formula is C21H15BrN4O3. The third-order valence-electron chi connectivity index (χ3n) is 4.10. The normalized spacial score (nSPS) is 10.7. The highest BCUT2D eigenvalue weighted by atomic mass is 79.9. The Bertz CT molecular complexity index is 1210. The van der Waals surface area contributed by atoms with Gasteiger partial charge in [0.05, 0.1) is 29.5 Å². The number of rotatable bonds is 5. The summed E-state index contributed by atoms with van der Waals surface area (Å²) in [6.07, 6.45) is 1.70. The molecule has 8 heteroatoms. The molecule has 0 bridgehead atoms. The van der Waals surface area contributed by atoms with Crippen molar-refractivity contribution in [2.75, 3.05) is 11.9 Å². The number of nitrogens with zero attached hydrogens (tertiary/aromatic N) is 2. The number of hydrogen-bond acceptors (Lipinski definition) is 5. The quantitative estimate of drug-likeness (QED) is 0.478. The Kier molecular flexibility index (Phi) is 5.35. The first-order valence-electron chi connectivity index (χ1n) is 8.74. The van der Waals surface area contributed by atoms with Gasteiger partial charge in [-0.3, -0.25) is 14.6 Å². The Morgan fingerprint density at radius 2 is 1.83 bits per heavy atom.